The molecule has 5 nitrogen and oxygen atoms in total. The van der Waals surface area contributed by atoms with Gasteiger partial charge in [0.25, 0.3) is 0 Å². The van der Waals surface area contributed by atoms with Crippen molar-refractivity contribution in [2.75, 3.05) is 13.2 Å². The van der Waals surface area contributed by atoms with Crippen molar-refractivity contribution in [3.63, 3.8) is 0 Å². The molecular weight excluding hydrogens is 255 g/mol. The lowest BCUT2D eigenvalue weighted by molar-refractivity contribution is -0.174. The molecule has 1 aromatic heterocycles. The molecule has 0 bridgehead atoms. The number of aromatic carboxylic acids is 1. The highest BCUT2D eigenvalue weighted by atomic mass is 19.4. The molecule has 18 heavy (non-hydrogen) atoms. The minimum atomic E-state index is -4.39. The zero-order valence-electron chi connectivity index (χ0n) is 9.11. The van der Waals surface area contributed by atoms with Crippen LogP contribution in [-0.2, 0) is 11.3 Å². The summed E-state index contributed by atoms with van der Waals surface area (Å²) in [4.78, 5) is 21.7. The van der Waals surface area contributed by atoms with E-state index in [4.69, 9.17) is 5.11 Å². The Morgan fingerprint density at radius 2 is 2.11 bits per heavy atom. The van der Waals surface area contributed by atoms with Gasteiger partial charge in [0.1, 0.15) is 12.2 Å². The zero-order valence-corrected chi connectivity index (χ0v) is 9.11. The highest BCUT2D eigenvalue weighted by Crippen LogP contribution is 2.14. The normalized spacial score (nSPS) is 11.5. The maximum atomic E-state index is 11.8. The molecule has 0 saturated carbocycles. The number of hydrogen-bond acceptors (Lipinski definition) is 3. The van der Waals surface area contributed by atoms with Crippen LogP contribution in [0.3, 0.4) is 0 Å². The summed E-state index contributed by atoms with van der Waals surface area (Å²) < 4.78 is 40.9. The van der Waals surface area contributed by atoms with Crippen molar-refractivity contribution in [1.29, 1.82) is 0 Å². The first kappa shape index (κ1) is 14.2. The number of halogens is 3. The summed E-state index contributed by atoms with van der Waals surface area (Å²) in [5, 5.41) is 8.68. The first-order valence-electron chi connectivity index (χ1n) is 4.87. The Bertz CT molecular complexity index is 481. The van der Waals surface area contributed by atoms with Crippen LogP contribution in [0.4, 0.5) is 13.2 Å². The summed E-state index contributed by atoms with van der Waals surface area (Å²) in [7, 11) is 0. The summed E-state index contributed by atoms with van der Waals surface area (Å²) in [5.74, 6) is -1.38. The summed E-state index contributed by atoms with van der Waals surface area (Å²) in [5.41, 5.74) is -1.09. The van der Waals surface area contributed by atoms with Gasteiger partial charge in [-0.3, -0.25) is 4.79 Å². The van der Waals surface area contributed by atoms with Crippen molar-refractivity contribution in [2.45, 2.75) is 12.7 Å². The van der Waals surface area contributed by atoms with E-state index in [-0.39, 0.29) is 13.2 Å². The third kappa shape index (κ3) is 4.58. The highest BCUT2D eigenvalue weighted by Gasteiger charge is 2.27. The van der Waals surface area contributed by atoms with Gasteiger partial charge in [-0.1, -0.05) is 0 Å². The molecule has 0 aromatic carbocycles. The molecule has 100 valence electrons. The van der Waals surface area contributed by atoms with Gasteiger partial charge in [0, 0.05) is 25.0 Å². The number of carboxylic acids is 1. The van der Waals surface area contributed by atoms with Gasteiger partial charge in [-0.15, -0.1) is 0 Å². The highest BCUT2D eigenvalue weighted by molar-refractivity contribution is 5.86. The molecule has 0 aliphatic carbocycles. The SMILES string of the molecule is O=C(O)c1cn(CCOCC(F)(F)F)ccc1=O. The predicted octanol–water partition coefficient (Wildman–Crippen LogP) is 1.13. The Labute approximate surface area is 99.4 Å². The van der Waals surface area contributed by atoms with Crippen molar-refractivity contribution in [2.24, 2.45) is 0 Å². The van der Waals surface area contributed by atoms with Crippen LogP contribution >= 0.6 is 0 Å². The number of hydrogen-bond donors (Lipinski definition) is 1. The zero-order chi connectivity index (χ0) is 13.8. The second kappa shape index (κ2) is 5.67. The van der Waals surface area contributed by atoms with E-state index < -0.39 is 29.7 Å². The lowest BCUT2D eigenvalue weighted by Gasteiger charge is -2.09. The molecule has 0 spiro atoms. The van der Waals surface area contributed by atoms with Gasteiger partial charge in [0.2, 0.25) is 0 Å². The average Bonchev–Trinajstić information content (AvgIpc) is 2.24. The van der Waals surface area contributed by atoms with Gasteiger partial charge in [0.15, 0.2) is 5.43 Å². The van der Waals surface area contributed by atoms with Crippen molar-refractivity contribution in [1.82, 2.24) is 4.57 Å². The van der Waals surface area contributed by atoms with Crippen molar-refractivity contribution >= 4 is 5.97 Å². The number of pyridine rings is 1. The van der Waals surface area contributed by atoms with Crippen molar-refractivity contribution in [3.8, 4) is 0 Å². The molecule has 0 saturated heterocycles. The Morgan fingerprint density at radius 1 is 1.44 bits per heavy atom. The van der Waals surface area contributed by atoms with E-state index in [1.54, 1.807) is 0 Å². The van der Waals surface area contributed by atoms with Gasteiger partial charge < -0.3 is 14.4 Å². The molecule has 8 heteroatoms. The van der Waals surface area contributed by atoms with Crippen LogP contribution in [0.15, 0.2) is 23.3 Å². The molecule has 0 atom stereocenters. The number of carboxylic acid groups (broad SMARTS) is 1. The number of ether oxygens (including phenoxy) is 1. The van der Waals surface area contributed by atoms with E-state index in [1.165, 1.54) is 10.8 Å². The lowest BCUT2D eigenvalue weighted by atomic mass is 10.3. The third-order valence-electron chi connectivity index (χ3n) is 1.97. The number of rotatable bonds is 5. The molecule has 1 N–H and O–H groups in total. The maximum absolute atomic E-state index is 11.8. The minimum Gasteiger partial charge on any atom is -0.477 e. The standard InChI is InChI=1S/C10H10F3NO4/c11-10(12,13)6-18-4-3-14-2-1-8(15)7(5-14)9(16)17/h1-2,5H,3-4,6H2,(H,16,17). The van der Waals surface area contributed by atoms with Crippen LogP contribution in [0.2, 0.25) is 0 Å². The molecular formula is C10H10F3NO4. The fourth-order valence-electron chi connectivity index (χ4n) is 1.18. The monoisotopic (exact) mass is 265 g/mol. The van der Waals surface area contributed by atoms with E-state index in [1.807, 2.05) is 0 Å². The predicted molar refractivity (Wildman–Crippen MR) is 54.5 cm³/mol. The van der Waals surface area contributed by atoms with E-state index >= 15 is 0 Å². The third-order valence-corrected chi connectivity index (χ3v) is 1.97. The molecule has 1 aromatic rings. The maximum Gasteiger partial charge on any atom is 0.411 e. The molecule has 1 rings (SSSR count). The number of nitrogens with zero attached hydrogens (tertiary/aromatic N) is 1. The first-order chi connectivity index (χ1) is 8.29. The van der Waals surface area contributed by atoms with Crippen LogP contribution in [-0.4, -0.2) is 35.0 Å². The lowest BCUT2D eigenvalue weighted by Crippen LogP contribution is -2.20. The topological polar surface area (TPSA) is 68.5 Å². The second-order valence-corrected chi connectivity index (χ2v) is 3.43. The van der Waals surface area contributed by atoms with Crippen LogP contribution in [0, 0.1) is 0 Å². The smallest absolute Gasteiger partial charge is 0.411 e. The average molecular weight is 265 g/mol. The number of carbonyl (C=O) groups is 1. The summed E-state index contributed by atoms with van der Waals surface area (Å²) in [6, 6.07) is 1.03. The fourth-order valence-corrected chi connectivity index (χ4v) is 1.18. The molecule has 1 heterocycles. The van der Waals surface area contributed by atoms with Gasteiger partial charge in [-0.05, 0) is 0 Å². The van der Waals surface area contributed by atoms with E-state index in [2.05, 4.69) is 4.74 Å². The van der Waals surface area contributed by atoms with E-state index in [0.717, 1.165) is 12.3 Å². The van der Waals surface area contributed by atoms with Gasteiger partial charge in [0.05, 0.1) is 6.61 Å². The molecule has 0 fully saturated rings. The Balaban J connectivity index is 2.56. The second-order valence-electron chi connectivity index (χ2n) is 3.43. The molecule has 0 radical (unpaired) electrons. The molecule has 0 unspecified atom stereocenters. The summed E-state index contributed by atoms with van der Waals surface area (Å²) in [6.45, 7) is -1.57. The van der Waals surface area contributed by atoms with Crippen LogP contribution < -0.4 is 5.43 Å². The van der Waals surface area contributed by atoms with Crippen LogP contribution in [0.1, 0.15) is 10.4 Å². The number of aromatic nitrogens is 1. The van der Waals surface area contributed by atoms with Gasteiger partial charge in [-0.2, -0.15) is 13.2 Å². The Kier molecular flexibility index (Phi) is 4.49. The van der Waals surface area contributed by atoms with Crippen molar-refractivity contribution in [3.05, 3.63) is 34.2 Å². The Hall–Kier alpha value is -1.83. The summed E-state index contributed by atoms with van der Waals surface area (Å²) in [6.07, 6.45) is -2.05. The fraction of sp³-hybridized carbons (Fsp3) is 0.400. The van der Waals surface area contributed by atoms with Crippen molar-refractivity contribution < 1.29 is 27.8 Å². The van der Waals surface area contributed by atoms with Crippen LogP contribution in [0.25, 0.3) is 0 Å². The van der Waals surface area contributed by atoms with E-state index in [0.29, 0.717) is 0 Å². The summed E-state index contributed by atoms with van der Waals surface area (Å²) >= 11 is 0. The molecule has 0 amide bonds. The molecule has 0 aliphatic rings. The first-order valence-corrected chi connectivity index (χ1v) is 4.87. The quantitative estimate of drug-likeness (QED) is 0.810. The van der Waals surface area contributed by atoms with E-state index in [9.17, 15) is 22.8 Å². The minimum absolute atomic E-state index is 0.0244. The van der Waals surface area contributed by atoms with Crippen LogP contribution in [0.5, 0.6) is 0 Å². The molecule has 0 aliphatic heterocycles. The Morgan fingerprint density at radius 3 is 2.67 bits per heavy atom. The van der Waals surface area contributed by atoms with Gasteiger partial charge >= 0.3 is 12.1 Å². The van der Waals surface area contributed by atoms with Gasteiger partial charge in [-0.25, -0.2) is 4.79 Å². The number of alkyl halides is 3. The largest absolute Gasteiger partial charge is 0.477 e.